The number of carbonyl (C=O) groups excluding carboxylic acids is 1. The van der Waals surface area contributed by atoms with Gasteiger partial charge in [0, 0.05) is 18.0 Å². The summed E-state index contributed by atoms with van der Waals surface area (Å²) < 4.78 is 9.97. The Bertz CT molecular complexity index is 669. The van der Waals surface area contributed by atoms with Gasteiger partial charge in [0.05, 0.1) is 11.4 Å². The normalized spacial score (nSPS) is 18.4. The minimum atomic E-state index is -0.117. The minimum absolute atomic E-state index is 0.117. The van der Waals surface area contributed by atoms with Crippen LogP contribution in [0.1, 0.15) is 45.1 Å². The van der Waals surface area contributed by atoms with Gasteiger partial charge in [-0.2, -0.15) is 4.98 Å². The quantitative estimate of drug-likeness (QED) is 0.869. The zero-order chi connectivity index (χ0) is 16.2. The Balaban J connectivity index is 1.56. The summed E-state index contributed by atoms with van der Waals surface area (Å²) >= 11 is 1.55. The fraction of sp³-hybridized carbons (Fsp3) is 0.533. The topological polar surface area (TPSA) is 80.5 Å². The number of methoxy groups -OCH3 is 1. The van der Waals surface area contributed by atoms with E-state index in [0.29, 0.717) is 29.2 Å². The molecule has 1 atom stereocenters. The van der Waals surface area contributed by atoms with Gasteiger partial charge in [-0.05, 0) is 38.6 Å². The zero-order valence-corrected chi connectivity index (χ0v) is 14.1. The molecule has 0 aromatic carbocycles. The highest BCUT2D eigenvalue weighted by Crippen LogP contribution is 2.34. The molecular weight excluding hydrogens is 316 g/mol. The third-order valence-electron chi connectivity index (χ3n) is 3.88. The molecule has 0 saturated carbocycles. The van der Waals surface area contributed by atoms with E-state index in [0.717, 1.165) is 13.0 Å². The first-order valence-electron chi connectivity index (χ1n) is 7.56. The van der Waals surface area contributed by atoms with Crippen LogP contribution in [-0.2, 0) is 17.9 Å². The molecule has 0 bridgehead atoms. The minimum Gasteiger partial charge on any atom is -0.377 e. The van der Waals surface area contributed by atoms with Crippen molar-refractivity contribution < 1.29 is 14.1 Å². The Morgan fingerprint density at radius 1 is 1.57 bits per heavy atom. The second-order valence-electron chi connectivity index (χ2n) is 5.56. The van der Waals surface area contributed by atoms with E-state index < -0.39 is 0 Å². The maximum atomic E-state index is 12.2. The van der Waals surface area contributed by atoms with Crippen molar-refractivity contribution in [2.45, 2.75) is 32.0 Å². The van der Waals surface area contributed by atoms with Crippen LogP contribution in [0.5, 0.6) is 0 Å². The van der Waals surface area contributed by atoms with Gasteiger partial charge in [0.25, 0.3) is 5.91 Å². The maximum absolute atomic E-state index is 12.2. The third-order valence-corrected chi connectivity index (χ3v) is 5.07. The molecule has 1 N–H and O–H groups in total. The molecule has 7 nitrogen and oxygen atoms in total. The lowest BCUT2D eigenvalue weighted by Gasteiger charge is -2.17. The number of nitrogens with zero attached hydrogens (tertiary/aromatic N) is 3. The summed E-state index contributed by atoms with van der Waals surface area (Å²) in [5.74, 6) is 0.727. The summed E-state index contributed by atoms with van der Waals surface area (Å²) in [6.07, 6.45) is 2.36. The first-order chi connectivity index (χ1) is 11.2. The van der Waals surface area contributed by atoms with Crippen molar-refractivity contribution in [1.29, 1.82) is 0 Å². The fourth-order valence-corrected chi connectivity index (χ4v) is 3.84. The molecule has 2 aromatic heterocycles. The van der Waals surface area contributed by atoms with E-state index >= 15 is 0 Å². The molecule has 3 heterocycles. The molecule has 1 aliphatic rings. The van der Waals surface area contributed by atoms with Crippen LogP contribution in [-0.4, -0.2) is 41.6 Å². The summed E-state index contributed by atoms with van der Waals surface area (Å²) in [5, 5.41) is 6.56. The number of ether oxygens (including phenoxy) is 1. The molecule has 8 heteroatoms. The summed E-state index contributed by atoms with van der Waals surface area (Å²) in [6.45, 7) is 1.62. The monoisotopic (exact) mass is 336 g/mol. The van der Waals surface area contributed by atoms with E-state index in [1.54, 1.807) is 18.4 Å². The van der Waals surface area contributed by atoms with Gasteiger partial charge in [-0.3, -0.25) is 9.69 Å². The van der Waals surface area contributed by atoms with Gasteiger partial charge >= 0.3 is 0 Å². The standard InChI is InChI=1S/C15H20N4O3S/c1-19-7-3-4-10(19)11-5-6-12(23-11)15(20)16-8-14-17-13(9-21-2)18-22-14/h5-6,10H,3-4,7-9H2,1-2H3,(H,16,20)/t10-/m1/s1. The first-order valence-corrected chi connectivity index (χ1v) is 8.37. The van der Waals surface area contributed by atoms with Crippen LogP contribution in [0.4, 0.5) is 0 Å². The number of hydrogen-bond acceptors (Lipinski definition) is 7. The molecule has 124 valence electrons. The van der Waals surface area contributed by atoms with Crippen molar-refractivity contribution in [2.75, 3.05) is 20.7 Å². The highest BCUT2D eigenvalue weighted by Gasteiger charge is 2.24. The van der Waals surface area contributed by atoms with Gasteiger partial charge in [-0.15, -0.1) is 11.3 Å². The first kappa shape index (κ1) is 16.1. The highest BCUT2D eigenvalue weighted by molar-refractivity contribution is 7.14. The molecule has 1 saturated heterocycles. The fourth-order valence-electron chi connectivity index (χ4n) is 2.72. The second-order valence-corrected chi connectivity index (χ2v) is 6.68. The lowest BCUT2D eigenvalue weighted by molar-refractivity contribution is 0.0950. The lowest BCUT2D eigenvalue weighted by Crippen LogP contribution is -2.22. The largest absolute Gasteiger partial charge is 0.377 e. The van der Waals surface area contributed by atoms with E-state index in [4.69, 9.17) is 9.26 Å². The van der Waals surface area contributed by atoms with Crippen LogP contribution in [0.15, 0.2) is 16.7 Å². The molecular formula is C15H20N4O3S. The summed E-state index contributed by atoms with van der Waals surface area (Å²) in [7, 11) is 3.69. The van der Waals surface area contributed by atoms with Crippen molar-refractivity contribution in [1.82, 2.24) is 20.4 Å². The Morgan fingerprint density at radius 3 is 3.17 bits per heavy atom. The molecule has 0 unspecified atom stereocenters. The number of likely N-dealkylation sites (tertiary alicyclic amines) is 1. The van der Waals surface area contributed by atoms with Gasteiger partial charge in [0.15, 0.2) is 5.82 Å². The van der Waals surface area contributed by atoms with E-state index in [-0.39, 0.29) is 12.5 Å². The van der Waals surface area contributed by atoms with Crippen LogP contribution in [0.3, 0.4) is 0 Å². The summed E-state index contributed by atoms with van der Waals surface area (Å²) in [6, 6.07) is 4.37. The van der Waals surface area contributed by atoms with Crippen molar-refractivity contribution >= 4 is 17.2 Å². The number of aromatic nitrogens is 2. The molecule has 23 heavy (non-hydrogen) atoms. The van der Waals surface area contributed by atoms with Gasteiger partial charge in [0.2, 0.25) is 5.89 Å². The molecule has 1 fully saturated rings. The summed E-state index contributed by atoms with van der Waals surface area (Å²) in [4.78, 5) is 20.6. The van der Waals surface area contributed by atoms with Crippen molar-refractivity contribution in [3.63, 3.8) is 0 Å². The number of rotatable bonds is 6. The predicted octanol–water partition coefficient (Wildman–Crippen LogP) is 1.97. The Morgan fingerprint density at radius 2 is 2.43 bits per heavy atom. The predicted molar refractivity (Wildman–Crippen MR) is 85.1 cm³/mol. The van der Waals surface area contributed by atoms with E-state index in [2.05, 4.69) is 33.5 Å². The Kier molecular flexibility index (Phi) is 5.04. The zero-order valence-electron chi connectivity index (χ0n) is 13.2. The molecule has 0 aliphatic carbocycles. The van der Waals surface area contributed by atoms with E-state index in [9.17, 15) is 4.79 Å². The smallest absolute Gasteiger partial charge is 0.261 e. The van der Waals surface area contributed by atoms with Crippen molar-refractivity contribution in [3.05, 3.63) is 33.6 Å². The van der Waals surface area contributed by atoms with Gasteiger partial charge in [-0.25, -0.2) is 0 Å². The van der Waals surface area contributed by atoms with Gasteiger partial charge in [-0.1, -0.05) is 5.16 Å². The SMILES string of the molecule is COCc1noc(CNC(=O)c2ccc([C@H]3CCCN3C)s2)n1. The number of carbonyl (C=O) groups is 1. The van der Waals surface area contributed by atoms with Crippen molar-refractivity contribution in [3.8, 4) is 0 Å². The molecule has 3 rings (SSSR count). The van der Waals surface area contributed by atoms with E-state index in [1.807, 2.05) is 6.07 Å². The van der Waals surface area contributed by atoms with Crippen LogP contribution in [0.2, 0.25) is 0 Å². The van der Waals surface area contributed by atoms with Gasteiger partial charge < -0.3 is 14.6 Å². The molecule has 0 spiro atoms. The number of thiophene rings is 1. The van der Waals surface area contributed by atoms with E-state index in [1.165, 1.54) is 11.3 Å². The maximum Gasteiger partial charge on any atom is 0.261 e. The molecule has 0 radical (unpaired) electrons. The average molecular weight is 336 g/mol. The molecule has 1 amide bonds. The lowest BCUT2D eigenvalue weighted by atomic mass is 10.2. The molecule has 1 aliphatic heterocycles. The number of amides is 1. The van der Waals surface area contributed by atoms with Crippen LogP contribution in [0.25, 0.3) is 0 Å². The summed E-state index contributed by atoms with van der Waals surface area (Å²) in [5.41, 5.74) is 0. The van der Waals surface area contributed by atoms with Gasteiger partial charge in [0.1, 0.15) is 6.61 Å². The number of hydrogen-bond donors (Lipinski definition) is 1. The van der Waals surface area contributed by atoms with Crippen LogP contribution >= 0.6 is 11.3 Å². The number of nitrogens with one attached hydrogen (secondary N) is 1. The average Bonchev–Trinajstić information content (AvgIpc) is 3.25. The Labute approximate surface area is 138 Å². The van der Waals surface area contributed by atoms with Crippen molar-refractivity contribution in [2.24, 2.45) is 0 Å². The van der Waals surface area contributed by atoms with Crippen LogP contribution < -0.4 is 5.32 Å². The van der Waals surface area contributed by atoms with Crippen LogP contribution in [0, 0.1) is 0 Å². The molecule has 2 aromatic rings. The Hall–Kier alpha value is -1.77. The highest BCUT2D eigenvalue weighted by atomic mass is 32.1. The second kappa shape index (κ2) is 7.20. The third kappa shape index (κ3) is 3.77.